The average molecular weight is 689 g/mol. The van der Waals surface area contributed by atoms with Gasteiger partial charge in [0.15, 0.2) is 5.65 Å². The third-order valence-corrected chi connectivity index (χ3v) is 9.37. The highest BCUT2D eigenvalue weighted by molar-refractivity contribution is 7.90. The zero-order valence-electron chi connectivity index (χ0n) is 27.5. The number of rotatable bonds is 10. The Morgan fingerprint density at radius 1 is 1.10 bits per heavy atom. The molecule has 0 saturated heterocycles. The normalized spacial score (nSPS) is 16.2. The number of amides is 2. The molecule has 0 radical (unpaired) electrons. The number of fused-ring (bicyclic) bond motifs is 1. The Morgan fingerprint density at radius 3 is 2.51 bits per heavy atom. The number of nitrogens with one attached hydrogen (secondary N) is 2. The second-order valence-electron chi connectivity index (χ2n) is 11.7. The molecule has 4 aromatic rings. The van der Waals surface area contributed by atoms with Crippen molar-refractivity contribution in [3.8, 4) is 0 Å². The van der Waals surface area contributed by atoms with E-state index in [4.69, 9.17) is 10.5 Å². The highest BCUT2D eigenvalue weighted by Gasteiger charge is 2.25. The van der Waals surface area contributed by atoms with Crippen LogP contribution in [0, 0.1) is 12.7 Å². The molecule has 2 aromatic heterocycles. The maximum Gasteiger partial charge on any atom is 0.269 e. The van der Waals surface area contributed by atoms with Gasteiger partial charge in [0, 0.05) is 19.3 Å². The summed E-state index contributed by atoms with van der Waals surface area (Å²) in [6.45, 7) is 6.80. The molecule has 0 aliphatic carbocycles. The number of benzene rings is 2. The number of halogens is 1. The molecule has 0 spiro atoms. The number of anilines is 3. The van der Waals surface area contributed by atoms with Crippen LogP contribution in [0.15, 0.2) is 95.4 Å². The van der Waals surface area contributed by atoms with Crippen molar-refractivity contribution in [3.05, 3.63) is 107 Å². The molecule has 4 N–H and O–H groups in total. The molecule has 2 aromatic carbocycles. The lowest BCUT2D eigenvalue weighted by Crippen LogP contribution is -2.38. The Balaban J connectivity index is 1.66. The van der Waals surface area contributed by atoms with Gasteiger partial charge in [-0.1, -0.05) is 30.3 Å². The number of hydrogen-bond donors (Lipinski definition) is 3. The topological polar surface area (TPSA) is 165 Å². The van der Waals surface area contributed by atoms with Gasteiger partial charge in [0.25, 0.3) is 15.9 Å². The smallest absolute Gasteiger partial charge is 0.269 e. The van der Waals surface area contributed by atoms with E-state index in [0.29, 0.717) is 30.0 Å². The molecule has 2 amide bonds. The maximum absolute atomic E-state index is 14.7. The van der Waals surface area contributed by atoms with Crippen LogP contribution >= 0.6 is 0 Å². The monoisotopic (exact) mass is 688 g/mol. The number of hydrogen-bond acceptors (Lipinski definition) is 10. The van der Waals surface area contributed by atoms with Gasteiger partial charge in [0.05, 0.1) is 40.9 Å². The number of allylic oxidation sites excluding steroid dienone is 1. The summed E-state index contributed by atoms with van der Waals surface area (Å²) in [7, 11) is 0.954. The first-order chi connectivity index (χ1) is 23.3. The van der Waals surface area contributed by atoms with E-state index in [2.05, 4.69) is 27.2 Å². The largest absolute Gasteiger partial charge is 0.495 e. The van der Waals surface area contributed by atoms with Crippen molar-refractivity contribution in [2.75, 3.05) is 51.5 Å². The first kappa shape index (κ1) is 34.8. The fourth-order valence-electron chi connectivity index (χ4n) is 5.17. The van der Waals surface area contributed by atoms with Gasteiger partial charge in [-0.2, -0.15) is 9.97 Å². The van der Waals surface area contributed by atoms with Gasteiger partial charge in [-0.05, 0) is 75.5 Å². The van der Waals surface area contributed by atoms with Crippen molar-refractivity contribution in [2.45, 2.75) is 18.2 Å². The van der Waals surface area contributed by atoms with E-state index in [1.54, 1.807) is 34.1 Å². The maximum atomic E-state index is 14.7. The zero-order chi connectivity index (χ0) is 35.5. The van der Waals surface area contributed by atoms with Gasteiger partial charge in [0.1, 0.15) is 17.4 Å². The van der Waals surface area contributed by atoms with Gasteiger partial charge in [0.2, 0.25) is 11.9 Å². The number of carbonyl (C=O) groups is 2. The third-order valence-electron chi connectivity index (χ3n) is 7.69. The molecule has 1 aliphatic heterocycles. The summed E-state index contributed by atoms with van der Waals surface area (Å²) >= 11 is 0. The standard InChI is InChI=1S/C34H37FN8O5S/c1-21-9-11-23(12-10-21)49(46,47)43-18-14-24-32(37-27-8-6-7-25(35)30(27)31(36)45)39-34(40-33(24)43)38-26-15-17-42(29(44)20-41(3)4)16-13-22(2)19-28(26)48-5/h6-12,14-15,18-19H,2,13,16-17,20H2,1,3-5H3,(H2,36,45)(H2,37,38,39,40)/b26-15+,28-19+. The first-order valence-corrected chi connectivity index (χ1v) is 16.6. The first-order valence-electron chi connectivity index (χ1n) is 15.2. The summed E-state index contributed by atoms with van der Waals surface area (Å²) in [5, 5.41) is 6.33. The Hall–Kier alpha value is -5.54. The van der Waals surface area contributed by atoms with E-state index in [1.165, 1.54) is 43.6 Å². The van der Waals surface area contributed by atoms with Crippen molar-refractivity contribution >= 4 is 50.3 Å². The lowest BCUT2D eigenvalue weighted by Gasteiger charge is -2.23. The highest BCUT2D eigenvalue weighted by atomic mass is 32.2. The molecule has 0 atom stereocenters. The second-order valence-corrected chi connectivity index (χ2v) is 13.5. The van der Waals surface area contributed by atoms with Crippen molar-refractivity contribution in [1.82, 2.24) is 23.7 Å². The molecule has 0 saturated carbocycles. The van der Waals surface area contributed by atoms with E-state index in [0.717, 1.165) is 15.6 Å². The predicted octanol–water partition coefficient (Wildman–Crippen LogP) is 4.13. The van der Waals surface area contributed by atoms with Crippen LogP contribution in [0.25, 0.3) is 11.0 Å². The fourth-order valence-corrected chi connectivity index (χ4v) is 6.47. The molecule has 256 valence electrons. The lowest BCUT2D eigenvalue weighted by atomic mass is 10.1. The number of carbonyl (C=O) groups excluding carboxylic acids is 2. The van der Waals surface area contributed by atoms with Gasteiger partial charge in [-0.25, -0.2) is 16.8 Å². The molecular weight excluding hydrogens is 651 g/mol. The van der Waals surface area contributed by atoms with E-state index in [9.17, 15) is 22.4 Å². The van der Waals surface area contributed by atoms with Crippen LogP contribution in [-0.2, 0) is 19.6 Å². The third kappa shape index (κ3) is 7.63. The number of aryl methyl sites for hydroxylation is 1. The Labute approximate surface area is 283 Å². The summed E-state index contributed by atoms with van der Waals surface area (Å²) in [5.41, 5.74) is 7.05. The molecule has 5 rings (SSSR count). The van der Waals surface area contributed by atoms with Crippen LogP contribution in [0.1, 0.15) is 22.3 Å². The number of aromatic nitrogens is 3. The number of nitrogens with zero attached hydrogens (tertiary/aromatic N) is 5. The Bertz CT molecular complexity index is 2110. The van der Waals surface area contributed by atoms with Crippen molar-refractivity contribution in [3.63, 3.8) is 0 Å². The lowest BCUT2D eigenvalue weighted by molar-refractivity contribution is -0.131. The summed E-state index contributed by atoms with van der Waals surface area (Å²) in [6.07, 6.45) is 5.31. The molecular formula is C34H37FN8O5S. The summed E-state index contributed by atoms with van der Waals surface area (Å²) in [6, 6.07) is 11.8. The van der Waals surface area contributed by atoms with Gasteiger partial charge >= 0.3 is 0 Å². The zero-order valence-corrected chi connectivity index (χ0v) is 28.3. The summed E-state index contributed by atoms with van der Waals surface area (Å²) in [5.74, 6) is -1.59. The van der Waals surface area contributed by atoms with Gasteiger partial charge in [-0.3, -0.25) is 9.59 Å². The van der Waals surface area contributed by atoms with Crippen molar-refractivity contribution in [2.24, 2.45) is 5.73 Å². The van der Waals surface area contributed by atoms with Crippen molar-refractivity contribution in [1.29, 1.82) is 0 Å². The number of methoxy groups -OCH3 is 1. The molecule has 3 heterocycles. The quantitative estimate of drug-likeness (QED) is 0.221. The van der Waals surface area contributed by atoms with Crippen LogP contribution in [0.3, 0.4) is 0 Å². The van der Waals surface area contributed by atoms with Crippen LogP contribution < -0.4 is 16.4 Å². The minimum Gasteiger partial charge on any atom is -0.495 e. The minimum absolute atomic E-state index is 0.0121. The molecule has 0 unspecified atom stereocenters. The van der Waals surface area contributed by atoms with Crippen LogP contribution in [0.4, 0.5) is 21.8 Å². The fraction of sp³-hybridized carbons (Fsp3) is 0.235. The average Bonchev–Trinajstić information content (AvgIpc) is 3.50. The number of primary amides is 1. The predicted molar refractivity (Wildman–Crippen MR) is 185 cm³/mol. The van der Waals surface area contributed by atoms with Crippen LogP contribution in [0.2, 0.25) is 0 Å². The number of likely N-dealkylation sites (N-methyl/N-ethyl adjacent to an activating group) is 1. The van der Waals surface area contributed by atoms with E-state index in [1.807, 2.05) is 21.0 Å². The number of ether oxygens (including phenoxy) is 1. The van der Waals surface area contributed by atoms with E-state index in [-0.39, 0.29) is 52.4 Å². The van der Waals surface area contributed by atoms with Gasteiger partial charge < -0.3 is 30.9 Å². The van der Waals surface area contributed by atoms with E-state index >= 15 is 0 Å². The Kier molecular flexibility index (Phi) is 10.1. The van der Waals surface area contributed by atoms with Crippen LogP contribution in [0.5, 0.6) is 0 Å². The van der Waals surface area contributed by atoms with E-state index < -0.39 is 27.3 Å². The SMILES string of the molecule is C=C1/C=C(OC)\C(Nc2nc(Nc3cccc(F)c3C(N)=O)c3ccn(S(=O)(=O)c4ccc(C)cc4)c3n2)=C/CN(C(=O)CN(C)C)CC1. The molecule has 13 nitrogen and oxygen atoms in total. The molecule has 0 bridgehead atoms. The molecule has 15 heteroatoms. The molecule has 49 heavy (non-hydrogen) atoms. The Morgan fingerprint density at radius 2 is 1.84 bits per heavy atom. The number of nitrogens with two attached hydrogens (primary N) is 1. The molecule has 1 aliphatic rings. The highest BCUT2D eigenvalue weighted by Crippen LogP contribution is 2.31. The van der Waals surface area contributed by atoms with Crippen molar-refractivity contribution < 1.29 is 27.1 Å². The summed E-state index contributed by atoms with van der Waals surface area (Å²) in [4.78, 5) is 37.9. The van der Waals surface area contributed by atoms with Gasteiger partial charge in [-0.15, -0.1) is 0 Å². The van der Waals surface area contributed by atoms with Crippen LogP contribution in [-0.4, -0.2) is 84.8 Å². The molecule has 0 fully saturated rings. The summed E-state index contributed by atoms with van der Waals surface area (Å²) < 4.78 is 49.2. The second kappa shape index (κ2) is 14.3. The minimum atomic E-state index is -4.15.